The summed E-state index contributed by atoms with van der Waals surface area (Å²) in [7, 11) is 1.29. The molecule has 1 N–H and O–H groups in total. The fourth-order valence-corrected chi connectivity index (χ4v) is 4.08. The number of allylic oxidation sites excluding steroid dienone is 6. The Balaban J connectivity index is 2.11. The number of aliphatic hydroxyl groups excluding tert-OH is 1. The van der Waals surface area contributed by atoms with Gasteiger partial charge in [0.1, 0.15) is 6.61 Å². The highest BCUT2D eigenvalue weighted by atomic mass is 16.5. The summed E-state index contributed by atoms with van der Waals surface area (Å²) in [4.78, 5) is 25.0. The Labute approximate surface area is 151 Å². The fraction of sp³-hybridized carbons (Fsp3) is 0.333. The van der Waals surface area contributed by atoms with Crippen molar-refractivity contribution in [1.29, 1.82) is 0 Å². The number of methoxy groups -OCH3 is 1. The van der Waals surface area contributed by atoms with E-state index in [4.69, 9.17) is 9.47 Å². The molecule has 1 heterocycles. The number of carbonyl (C=O) groups is 2. The van der Waals surface area contributed by atoms with Crippen LogP contribution < -0.4 is 0 Å². The molecule has 0 fully saturated rings. The van der Waals surface area contributed by atoms with Gasteiger partial charge in [-0.15, -0.1) is 0 Å². The van der Waals surface area contributed by atoms with Crippen molar-refractivity contribution in [3.05, 3.63) is 68.9 Å². The lowest BCUT2D eigenvalue weighted by atomic mass is 9.83. The molecule has 3 aliphatic carbocycles. The first-order valence-corrected chi connectivity index (χ1v) is 8.74. The number of hydrogen-bond donors (Lipinski definition) is 1. The number of aliphatic hydroxyl groups is 1. The van der Waals surface area contributed by atoms with Crippen molar-refractivity contribution in [2.24, 2.45) is 0 Å². The van der Waals surface area contributed by atoms with Crippen LogP contribution in [0.2, 0.25) is 0 Å². The number of hydrogen-bond acceptors (Lipinski definition) is 5. The van der Waals surface area contributed by atoms with Gasteiger partial charge in [0.15, 0.2) is 0 Å². The summed E-state index contributed by atoms with van der Waals surface area (Å²) in [6.07, 6.45) is 9.06. The van der Waals surface area contributed by atoms with E-state index in [1.54, 1.807) is 12.2 Å². The van der Waals surface area contributed by atoms with Gasteiger partial charge >= 0.3 is 11.9 Å². The Morgan fingerprint density at radius 3 is 2.81 bits per heavy atom. The van der Waals surface area contributed by atoms with Gasteiger partial charge in [-0.2, -0.15) is 0 Å². The zero-order valence-electron chi connectivity index (χ0n) is 14.8. The van der Waals surface area contributed by atoms with Gasteiger partial charge in [0.2, 0.25) is 0 Å². The third-order valence-corrected chi connectivity index (χ3v) is 5.18. The van der Waals surface area contributed by atoms with Crippen molar-refractivity contribution < 1.29 is 24.2 Å². The van der Waals surface area contributed by atoms with Crippen LogP contribution in [0, 0.1) is 0 Å². The topological polar surface area (TPSA) is 72.8 Å². The molecule has 0 saturated carbocycles. The summed E-state index contributed by atoms with van der Waals surface area (Å²) in [5.74, 6) is -1.13. The predicted molar refractivity (Wildman–Crippen MR) is 94.9 cm³/mol. The number of ether oxygens (including phenoxy) is 2. The number of rotatable bonds is 1. The third kappa shape index (κ3) is 2.51. The van der Waals surface area contributed by atoms with Crippen LogP contribution in [0.25, 0.3) is 0 Å². The molecule has 1 unspecified atom stereocenters. The molecule has 26 heavy (non-hydrogen) atoms. The zero-order chi connectivity index (χ0) is 18.4. The maximum atomic E-state index is 12.6. The van der Waals surface area contributed by atoms with Crippen LogP contribution in [0.5, 0.6) is 0 Å². The molecule has 1 atom stereocenters. The van der Waals surface area contributed by atoms with E-state index in [0.717, 1.165) is 40.7 Å². The highest BCUT2D eigenvalue weighted by Gasteiger charge is 2.38. The first-order chi connectivity index (χ1) is 12.5. The van der Waals surface area contributed by atoms with Crippen molar-refractivity contribution >= 4 is 11.9 Å². The Morgan fingerprint density at radius 2 is 2.04 bits per heavy atom. The second-order valence-corrected chi connectivity index (χ2v) is 6.89. The second-order valence-electron chi connectivity index (χ2n) is 6.89. The van der Waals surface area contributed by atoms with Gasteiger partial charge in [0.25, 0.3) is 0 Å². The average molecular weight is 352 g/mol. The normalized spacial score (nSPS) is 24.9. The second kappa shape index (κ2) is 6.25. The maximum Gasteiger partial charge on any atom is 0.339 e. The SMILES string of the molecule is COC(=O)C1=CC=C2C3=C(C=C(C)C=C4COC(=O)C1=C43)CCCC2O. The molecule has 0 aromatic carbocycles. The largest absolute Gasteiger partial charge is 0.465 e. The molecule has 4 rings (SSSR count). The standard InChI is InChI=1S/C21H20O5/c1-11-8-12-4-3-5-16(22)14-6-7-15(20(23)25-2)19-18(17(12)14)13(9-11)10-26-21(19)24/h6-9,16,22H,3-5,10H2,1-2H3. The lowest BCUT2D eigenvalue weighted by Gasteiger charge is -2.26. The van der Waals surface area contributed by atoms with Crippen molar-refractivity contribution in [2.45, 2.75) is 32.3 Å². The molecular weight excluding hydrogens is 332 g/mol. The van der Waals surface area contributed by atoms with Gasteiger partial charge in [0.05, 0.1) is 24.4 Å². The van der Waals surface area contributed by atoms with Gasteiger partial charge < -0.3 is 14.6 Å². The molecule has 0 aromatic rings. The molecule has 0 aromatic heterocycles. The summed E-state index contributed by atoms with van der Waals surface area (Å²) in [5.41, 5.74) is 5.68. The molecule has 0 bridgehead atoms. The summed E-state index contributed by atoms with van der Waals surface area (Å²) in [6.45, 7) is 2.15. The number of carbonyl (C=O) groups excluding carboxylic acids is 2. The highest BCUT2D eigenvalue weighted by Crippen LogP contribution is 2.45. The number of cyclic esters (lactones) is 1. The molecule has 0 radical (unpaired) electrons. The summed E-state index contributed by atoms with van der Waals surface area (Å²) < 4.78 is 10.2. The van der Waals surface area contributed by atoms with Gasteiger partial charge in [-0.3, -0.25) is 0 Å². The Hall–Kier alpha value is -2.66. The van der Waals surface area contributed by atoms with E-state index in [1.165, 1.54) is 7.11 Å². The van der Waals surface area contributed by atoms with Crippen molar-refractivity contribution in [2.75, 3.05) is 13.7 Å². The van der Waals surface area contributed by atoms with Crippen LogP contribution in [0.1, 0.15) is 26.2 Å². The monoisotopic (exact) mass is 352 g/mol. The van der Waals surface area contributed by atoms with Gasteiger partial charge in [-0.05, 0) is 54.6 Å². The molecule has 0 saturated heterocycles. The smallest absolute Gasteiger partial charge is 0.339 e. The van der Waals surface area contributed by atoms with Crippen LogP contribution in [0.15, 0.2) is 68.9 Å². The lowest BCUT2D eigenvalue weighted by molar-refractivity contribution is -0.141. The fourth-order valence-electron chi connectivity index (χ4n) is 4.08. The van der Waals surface area contributed by atoms with Crippen LogP contribution in [0.4, 0.5) is 0 Å². The molecule has 5 heteroatoms. The molecule has 0 spiro atoms. The van der Waals surface area contributed by atoms with Crippen LogP contribution >= 0.6 is 0 Å². The first kappa shape index (κ1) is 16.8. The summed E-state index contributed by atoms with van der Waals surface area (Å²) in [6, 6.07) is 0. The van der Waals surface area contributed by atoms with Crippen molar-refractivity contribution in [3.63, 3.8) is 0 Å². The van der Waals surface area contributed by atoms with Gasteiger partial charge in [0, 0.05) is 5.57 Å². The minimum absolute atomic E-state index is 0.150. The Bertz CT molecular complexity index is 905. The molecule has 1 aliphatic heterocycles. The molecule has 4 aliphatic rings. The molecular formula is C21H20O5. The third-order valence-electron chi connectivity index (χ3n) is 5.18. The van der Waals surface area contributed by atoms with E-state index in [-0.39, 0.29) is 17.8 Å². The maximum absolute atomic E-state index is 12.6. The van der Waals surface area contributed by atoms with Crippen LogP contribution in [-0.4, -0.2) is 36.9 Å². The average Bonchev–Trinajstić information content (AvgIpc) is 2.94. The predicted octanol–water partition coefficient (Wildman–Crippen LogP) is 2.61. The van der Waals surface area contributed by atoms with E-state index < -0.39 is 18.0 Å². The molecule has 5 nitrogen and oxygen atoms in total. The van der Waals surface area contributed by atoms with Gasteiger partial charge in [-0.25, -0.2) is 9.59 Å². The van der Waals surface area contributed by atoms with Crippen molar-refractivity contribution in [1.82, 2.24) is 0 Å². The molecule has 0 amide bonds. The van der Waals surface area contributed by atoms with Gasteiger partial charge in [-0.1, -0.05) is 23.8 Å². The quantitative estimate of drug-likeness (QED) is 0.735. The van der Waals surface area contributed by atoms with Crippen LogP contribution in [0.3, 0.4) is 0 Å². The Morgan fingerprint density at radius 1 is 1.23 bits per heavy atom. The summed E-state index contributed by atoms with van der Waals surface area (Å²) >= 11 is 0. The zero-order valence-corrected chi connectivity index (χ0v) is 14.8. The Kier molecular flexibility index (Phi) is 4.04. The van der Waals surface area contributed by atoms with E-state index in [1.807, 2.05) is 13.0 Å². The van der Waals surface area contributed by atoms with E-state index >= 15 is 0 Å². The van der Waals surface area contributed by atoms with Crippen LogP contribution in [-0.2, 0) is 19.1 Å². The minimum atomic E-state index is -0.643. The number of esters is 2. The minimum Gasteiger partial charge on any atom is -0.465 e. The van der Waals surface area contributed by atoms with E-state index in [2.05, 4.69) is 6.08 Å². The molecule has 134 valence electrons. The first-order valence-electron chi connectivity index (χ1n) is 8.74. The lowest BCUT2D eigenvalue weighted by Crippen LogP contribution is -2.25. The summed E-state index contributed by atoms with van der Waals surface area (Å²) in [5, 5.41) is 10.7. The van der Waals surface area contributed by atoms with E-state index in [9.17, 15) is 14.7 Å². The van der Waals surface area contributed by atoms with Crippen molar-refractivity contribution in [3.8, 4) is 0 Å². The highest BCUT2D eigenvalue weighted by molar-refractivity contribution is 6.10. The van der Waals surface area contributed by atoms with E-state index in [0.29, 0.717) is 12.0 Å².